The van der Waals surface area contributed by atoms with E-state index in [9.17, 15) is 8.42 Å². The maximum atomic E-state index is 11.7. The fraction of sp³-hybridized carbons (Fsp3) is 1.00. The Morgan fingerprint density at radius 2 is 1.94 bits per heavy atom. The number of hydrogen-bond donors (Lipinski definition) is 2. The maximum absolute atomic E-state index is 11.7. The molecule has 0 bridgehead atoms. The Balaban J connectivity index is 1.76. The zero-order chi connectivity index (χ0) is 13.0. The monoisotopic (exact) mass is 275 g/mol. The van der Waals surface area contributed by atoms with Gasteiger partial charge in [0.1, 0.15) is 0 Å². The van der Waals surface area contributed by atoms with E-state index in [0.717, 1.165) is 25.9 Å². The van der Waals surface area contributed by atoms with Crippen molar-refractivity contribution in [2.75, 3.05) is 31.9 Å². The molecule has 2 aliphatic heterocycles. The molecule has 1 unspecified atom stereocenters. The van der Waals surface area contributed by atoms with Crippen LogP contribution in [0.3, 0.4) is 0 Å². The van der Waals surface area contributed by atoms with Gasteiger partial charge in [-0.3, -0.25) is 0 Å². The number of hydrogen-bond acceptors (Lipinski definition) is 4. The van der Waals surface area contributed by atoms with Crippen LogP contribution >= 0.6 is 0 Å². The lowest BCUT2D eigenvalue weighted by Crippen LogP contribution is -2.51. The molecule has 2 aliphatic rings. The van der Waals surface area contributed by atoms with Crippen molar-refractivity contribution in [1.82, 2.24) is 14.9 Å². The van der Waals surface area contributed by atoms with E-state index in [2.05, 4.69) is 10.6 Å². The van der Waals surface area contributed by atoms with Crippen LogP contribution in [0.15, 0.2) is 0 Å². The van der Waals surface area contributed by atoms with E-state index in [0.29, 0.717) is 25.2 Å². The standard InChI is InChI=1S/C12H25N3O2S/c1-2-18(16,17)15-8-5-11(6-9-15)14-12-4-3-7-13-10-12/h11-14H,2-10H2,1H3. The van der Waals surface area contributed by atoms with Gasteiger partial charge in [0.15, 0.2) is 0 Å². The zero-order valence-corrected chi connectivity index (χ0v) is 12.0. The first-order valence-electron chi connectivity index (χ1n) is 7.06. The second-order valence-corrected chi connectivity index (χ2v) is 7.54. The van der Waals surface area contributed by atoms with Crippen molar-refractivity contribution in [3.63, 3.8) is 0 Å². The average Bonchev–Trinajstić information content (AvgIpc) is 2.40. The molecule has 5 nitrogen and oxygen atoms in total. The van der Waals surface area contributed by atoms with Gasteiger partial charge < -0.3 is 10.6 Å². The van der Waals surface area contributed by atoms with E-state index in [1.807, 2.05) is 0 Å². The Hall–Kier alpha value is -0.170. The number of rotatable bonds is 4. The summed E-state index contributed by atoms with van der Waals surface area (Å²) in [6, 6.07) is 1.05. The smallest absolute Gasteiger partial charge is 0.213 e. The molecule has 0 radical (unpaired) electrons. The molecule has 0 spiro atoms. The van der Waals surface area contributed by atoms with Gasteiger partial charge in [-0.15, -0.1) is 0 Å². The molecule has 0 aromatic carbocycles. The first kappa shape index (κ1) is 14.2. The van der Waals surface area contributed by atoms with Crippen LogP contribution in [0.25, 0.3) is 0 Å². The van der Waals surface area contributed by atoms with Crippen molar-refractivity contribution >= 4 is 10.0 Å². The molecule has 2 heterocycles. The summed E-state index contributed by atoms with van der Waals surface area (Å²) in [5, 5.41) is 7.06. The van der Waals surface area contributed by atoms with Crippen LogP contribution in [-0.4, -0.2) is 56.7 Å². The Morgan fingerprint density at radius 1 is 1.22 bits per heavy atom. The second-order valence-electron chi connectivity index (χ2n) is 5.28. The highest BCUT2D eigenvalue weighted by atomic mass is 32.2. The van der Waals surface area contributed by atoms with Gasteiger partial charge in [0, 0.05) is 31.7 Å². The first-order chi connectivity index (χ1) is 8.62. The zero-order valence-electron chi connectivity index (χ0n) is 11.2. The SMILES string of the molecule is CCS(=O)(=O)N1CCC(NC2CCCNC2)CC1. The highest BCUT2D eigenvalue weighted by Gasteiger charge is 2.27. The van der Waals surface area contributed by atoms with E-state index in [1.54, 1.807) is 11.2 Å². The van der Waals surface area contributed by atoms with Gasteiger partial charge in [-0.25, -0.2) is 12.7 Å². The molecule has 2 fully saturated rings. The Labute approximate surface area is 110 Å². The highest BCUT2D eigenvalue weighted by molar-refractivity contribution is 7.89. The molecule has 0 amide bonds. The van der Waals surface area contributed by atoms with E-state index in [4.69, 9.17) is 0 Å². The molecule has 2 saturated heterocycles. The predicted molar refractivity (Wildman–Crippen MR) is 73.1 cm³/mol. The van der Waals surface area contributed by atoms with Crippen molar-refractivity contribution in [1.29, 1.82) is 0 Å². The summed E-state index contributed by atoms with van der Waals surface area (Å²) in [4.78, 5) is 0. The van der Waals surface area contributed by atoms with Crippen LogP contribution in [0.1, 0.15) is 32.6 Å². The summed E-state index contributed by atoms with van der Waals surface area (Å²) in [6.45, 7) is 5.24. The summed E-state index contributed by atoms with van der Waals surface area (Å²) < 4.78 is 25.1. The van der Waals surface area contributed by atoms with E-state index >= 15 is 0 Å². The van der Waals surface area contributed by atoms with Crippen molar-refractivity contribution in [2.45, 2.75) is 44.7 Å². The van der Waals surface area contributed by atoms with Crippen molar-refractivity contribution in [3.8, 4) is 0 Å². The van der Waals surface area contributed by atoms with E-state index in [-0.39, 0.29) is 5.75 Å². The van der Waals surface area contributed by atoms with Crippen LogP contribution < -0.4 is 10.6 Å². The van der Waals surface area contributed by atoms with Crippen molar-refractivity contribution in [2.24, 2.45) is 0 Å². The van der Waals surface area contributed by atoms with Gasteiger partial charge in [0.2, 0.25) is 10.0 Å². The number of piperidine rings is 2. The number of sulfonamides is 1. The first-order valence-corrected chi connectivity index (χ1v) is 8.67. The molecule has 2 N–H and O–H groups in total. The second kappa shape index (κ2) is 6.32. The lowest BCUT2D eigenvalue weighted by Gasteiger charge is -2.35. The van der Waals surface area contributed by atoms with Crippen LogP contribution in [0.4, 0.5) is 0 Å². The lowest BCUT2D eigenvalue weighted by atomic mass is 10.0. The summed E-state index contributed by atoms with van der Waals surface area (Å²) in [5.41, 5.74) is 0. The number of nitrogens with one attached hydrogen (secondary N) is 2. The largest absolute Gasteiger partial charge is 0.315 e. The molecule has 2 rings (SSSR count). The van der Waals surface area contributed by atoms with Gasteiger partial charge in [0.05, 0.1) is 5.75 Å². The third kappa shape index (κ3) is 3.66. The Morgan fingerprint density at radius 3 is 2.50 bits per heavy atom. The van der Waals surface area contributed by atoms with E-state index in [1.165, 1.54) is 12.8 Å². The average molecular weight is 275 g/mol. The molecule has 0 saturated carbocycles. The molecule has 106 valence electrons. The normalized spacial score (nSPS) is 28.4. The van der Waals surface area contributed by atoms with Crippen LogP contribution in [-0.2, 0) is 10.0 Å². The minimum Gasteiger partial charge on any atom is -0.315 e. The summed E-state index contributed by atoms with van der Waals surface area (Å²) in [7, 11) is -2.98. The summed E-state index contributed by atoms with van der Waals surface area (Å²) in [5.74, 6) is 0.220. The maximum Gasteiger partial charge on any atom is 0.213 e. The molecule has 0 aromatic heterocycles. The third-order valence-corrected chi connectivity index (χ3v) is 5.86. The fourth-order valence-corrected chi connectivity index (χ4v) is 3.94. The van der Waals surface area contributed by atoms with Crippen LogP contribution in [0.5, 0.6) is 0 Å². The van der Waals surface area contributed by atoms with Crippen LogP contribution in [0, 0.1) is 0 Å². The Bertz CT molecular complexity index is 344. The summed E-state index contributed by atoms with van der Waals surface area (Å²) >= 11 is 0. The molecule has 0 aromatic rings. The predicted octanol–water partition coefficient (Wildman–Crippen LogP) is 0.142. The topological polar surface area (TPSA) is 61.4 Å². The van der Waals surface area contributed by atoms with Crippen molar-refractivity contribution in [3.05, 3.63) is 0 Å². The molecule has 1 atom stereocenters. The van der Waals surface area contributed by atoms with Gasteiger partial charge in [-0.1, -0.05) is 0 Å². The van der Waals surface area contributed by atoms with Crippen molar-refractivity contribution < 1.29 is 8.42 Å². The van der Waals surface area contributed by atoms with Crippen LogP contribution in [0.2, 0.25) is 0 Å². The third-order valence-electron chi connectivity index (χ3n) is 3.98. The highest BCUT2D eigenvalue weighted by Crippen LogP contribution is 2.16. The molecular weight excluding hydrogens is 250 g/mol. The molecule has 0 aliphatic carbocycles. The minimum absolute atomic E-state index is 0.220. The number of nitrogens with zero attached hydrogens (tertiary/aromatic N) is 1. The quantitative estimate of drug-likeness (QED) is 0.766. The molecule has 6 heteroatoms. The molecular formula is C12H25N3O2S. The van der Waals surface area contributed by atoms with Gasteiger partial charge in [0.25, 0.3) is 0 Å². The van der Waals surface area contributed by atoms with E-state index < -0.39 is 10.0 Å². The summed E-state index contributed by atoms with van der Waals surface area (Å²) in [6.07, 6.45) is 4.35. The van der Waals surface area contributed by atoms with Gasteiger partial charge in [-0.05, 0) is 39.2 Å². The van der Waals surface area contributed by atoms with Gasteiger partial charge in [-0.2, -0.15) is 0 Å². The minimum atomic E-state index is -2.98. The van der Waals surface area contributed by atoms with Gasteiger partial charge >= 0.3 is 0 Å². The lowest BCUT2D eigenvalue weighted by molar-refractivity contribution is 0.257. The fourth-order valence-electron chi connectivity index (χ4n) is 2.81. The Kier molecular flexibility index (Phi) is 5.00. The molecule has 18 heavy (non-hydrogen) atoms.